The summed E-state index contributed by atoms with van der Waals surface area (Å²) in [4.78, 5) is 36.9. The minimum Gasteiger partial charge on any atom is -0.497 e. The summed E-state index contributed by atoms with van der Waals surface area (Å²) in [7, 11) is 1.55. The summed E-state index contributed by atoms with van der Waals surface area (Å²) in [6.45, 7) is -0.351. The molecule has 1 saturated carbocycles. The van der Waals surface area contributed by atoms with Gasteiger partial charge in [0.2, 0.25) is 0 Å². The van der Waals surface area contributed by atoms with Gasteiger partial charge in [-0.2, -0.15) is 0 Å². The number of anilines is 1. The number of ether oxygens (including phenoxy) is 2. The van der Waals surface area contributed by atoms with Crippen LogP contribution in [0.3, 0.4) is 0 Å². The minimum atomic E-state index is -0.669. The maximum absolute atomic E-state index is 12.5. The van der Waals surface area contributed by atoms with Crippen molar-refractivity contribution in [3.63, 3.8) is 0 Å². The summed E-state index contributed by atoms with van der Waals surface area (Å²) < 4.78 is 10.2. The Morgan fingerprint density at radius 3 is 2.38 bits per heavy atom. The third-order valence-electron chi connectivity index (χ3n) is 4.80. The van der Waals surface area contributed by atoms with Crippen molar-refractivity contribution in [1.29, 1.82) is 0 Å². The van der Waals surface area contributed by atoms with Crippen LogP contribution in [0.25, 0.3) is 0 Å². The van der Waals surface area contributed by atoms with Crippen LogP contribution in [-0.4, -0.2) is 37.5 Å². The molecule has 0 heterocycles. The van der Waals surface area contributed by atoms with E-state index in [1.165, 1.54) is 0 Å². The molecule has 0 saturated heterocycles. The Balaban J connectivity index is 1.60. The number of methoxy groups -OCH3 is 1. The van der Waals surface area contributed by atoms with E-state index in [0.29, 0.717) is 17.0 Å². The molecule has 0 aromatic heterocycles. The highest BCUT2D eigenvalue weighted by atomic mass is 16.5. The summed E-state index contributed by atoms with van der Waals surface area (Å²) >= 11 is 0. The van der Waals surface area contributed by atoms with Crippen molar-refractivity contribution in [3.8, 4) is 5.75 Å². The Bertz CT molecular complexity index is 873. The van der Waals surface area contributed by atoms with Crippen LogP contribution in [0.1, 0.15) is 46.4 Å². The zero-order valence-electron chi connectivity index (χ0n) is 16.3. The number of amides is 2. The van der Waals surface area contributed by atoms with Crippen LogP contribution in [-0.2, 0) is 9.53 Å². The number of nitrogens with one attached hydrogen (secondary N) is 2. The smallest absolute Gasteiger partial charge is 0.340 e. The molecule has 0 radical (unpaired) electrons. The lowest BCUT2D eigenvalue weighted by Crippen LogP contribution is -2.36. The van der Waals surface area contributed by atoms with E-state index in [9.17, 15) is 14.4 Å². The van der Waals surface area contributed by atoms with E-state index < -0.39 is 5.97 Å². The van der Waals surface area contributed by atoms with Crippen LogP contribution >= 0.6 is 0 Å². The molecule has 0 unspecified atom stereocenters. The average molecular weight is 396 g/mol. The quantitative estimate of drug-likeness (QED) is 0.701. The molecule has 0 bridgehead atoms. The first-order valence-electron chi connectivity index (χ1n) is 9.57. The van der Waals surface area contributed by atoms with E-state index in [1.807, 2.05) is 0 Å². The molecule has 3 rings (SSSR count). The summed E-state index contributed by atoms with van der Waals surface area (Å²) in [6.07, 6.45) is 4.12. The summed E-state index contributed by atoms with van der Waals surface area (Å²) in [5, 5.41) is 5.58. The molecule has 2 N–H and O–H groups in total. The number of rotatable bonds is 7. The van der Waals surface area contributed by atoms with Gasteiger partial charge in [0.1, 0.15) is 5.75 Å². The Morgan fingerprint density at radius 2 is 1.69 bits per heavy atom. The summed E-state index contributed by atoms with van der Waals surface area (Å²) in [6, 6.07) is 13.3. The number of hydrogen-bond donors (Lipinski definition) is 2. The fourth-order valence-electron chi connectivity index (χ4n) is 3.26. The SMILES string of the molecule is COc1ccc(C(=O)Nc2ccccc2C(=O)OCC(=O)NC2CCCC2)cc1. The van der Waals surface area contributed by atoms with Crippen molar-refractivity contribution in [2.75, 3.05) is 19.0 Å². The van der Waals surface area contributed by atoms with E-state index in [1.54, 1.807) is 55.6 Å². The monoisotopic (exact) mass is 396 g/mol. The number of esters is 1. The maximum atomic E-state index is 12.5. The van der Waals surface area contributed by atoms with Crippen LogP contribution < -0.4 is 15.4 Å². The third kappa shape index (κ3) is 5.57. The van der Waals surface area contributed by atoms with Gasteiger partial charge in [0, 0.05) is 11.6 Å². The predicted octanol–water partition coefficient (Wildman–Crippen LogP) is 3.16. The van der Waals surface area contributed by atoms with Gasteiger partial charge in [-0.15, -0.1) is 0 Å². The van der Waals surface area contributed by atoms with Crippen LogP contribution in [0.15, 0.2) is 48.5 Å². The molecular formula is C22H24N2O5. The van der Waals surface area contributed by atoms with E-state index in [0.717, 1.165) is 25.7 Å². The van der Waals surface area contributed by atoms with E-state index in [4.69, 9.17) is 9.47 Å². The molecule has 0 spiro atoms. The fraction of sp³-hybridized carbons (Fsp3) is 0.318. The van der Waals surface area contributed by atoms with Gasteiger partial charge in [0.25, 0.3) is 11.8 Å². The maximum Gasteiger partial charge on any atom is 0.340 e. The highest BCUT2D eigenvalue weighted by Gasteiger charge is 2.19. The van der Waals surface area contributed by atoms with Crippen molar-refractivity contribution < 1.29 is 23.9 Å². The highest BCUT2D eigenvalue weighted by molar-refractivity contribution is 6.08. The molecule has 2 amide bonds. The minimum absolute atomic E-state index is 0.164. The van der Waals surface area contributed by atoms with Gasteiger partial charge in [-0.05, 0) is 49.2 Å². The van der Waals surface area contributed by atoms with Gasteiger partial charge in [0.05, 0.1) is 18.4 Å². The number of hydrogen-bond acceptors (Lipinski definition) is 5. The highest BCUT2D eigenvalue weighted by Crippen LogP contribution is 2.19. The Kier molecular flexibility index (Phi) is 6.84. The number of carbonyl (C=O) groups is 3. The summed E-state index contributed by atoms with van der Waals surface area (Å²) in [5.74, 6) is -0.713. The molecule has 2 aromatic rings. The average Bonchev–Trinajstić information content (AvgIpc) is 3.25. The van der Waals surface area contributed by atoms with Crippen LogP contribution in [0.4, 0.5) is 5.69 Å². The van der Waals surface area contributed by atoms with Gasteiger partial charge in [0.15, 0.2) is 6.61 Å². The molecule has 152 valence electrons. The first kappa shape index (κ1) is 20.4. The largest absolute Gasteiger partial charge is 0.497 e. The number of carbonyl (C=O) groups excluding carboxylic acids is 3. The fourth-order valence-corrected chi connectivity index (χ4v) is 3.26. The second-order valence-corrected chi connectivity index (χ2v) is 6.85. The van der Waals surface area contributed by atoms with E-state index in [-0.39, 0.29) is 30.0 Å². The third-order valence-corrected chi connectivity index (χ3v) is 4.80. The normalized spacial score (nSPS) is 13.6. The first-order valence-corrected chi connectivity index (χ1v) is 9.57. The molecule has 0 aliphatic heterocycles. The van der Waals surface area contributed by atoms with Crippen molar-refractivity contribution in [1.82, 2.24) is 5.32 Å². The standard InChI is InChI=1S/C22H24N2O5/c1-28-17-12-10-15(11-13-17)21(26)24-19-9-5-4-8-18(19)22(27)29-14-20(25)23-16-6-2-3-7-16/h4-5,8-13,16H,2-3,6-7,14H2,1H3,(H,23,25)(H,24,26). The molecule has 1 aliphatic rings. The van der Waals surface area contributed by atoms with Crippen molar-refractivity contribution in [3.05, 3.63) is 59.7 Å². The number of benzene rings is 2. The van der Waals surface area contributed by atoms with E-state index >= 15 is 0 Å². The number of para-hydroxylation sites is 1. The van der Waals surface area contributed by atoms with Gasteiger partial charge >= 0.3 is 5.97 Å². The molecule has 7 nitrogen and oxygen atoms in total. The van der Waals surface area contributed by atoms with Gasteiger partial charge < -0.3 is 20.1 Å². The lowest BCUT2D eigenvalue weighted by Gasteiger charge is -2.13. The van der Waals surface area contributed by atoms with Gasteiger partial charge in [-0.3, -0.25) is 9.59 Å². The van der Waals surface area contributed by atoms with Crippen LogP contribution in [0, 0.1) is 0 Å². The Labute approximate surface area is 169 Å². The lowest BCUT2D eigenvalue weighted by molar-refractivity contribution is -0.124. The van der Waals surface area contributed by atoms with Crippen LogP contribution in [0.2, 0.25) is 0 Å². The molecule has 1 fully saturated rings. The predicted molar refractivity (Wildman–Crippen MR) is 108 cm³/mol. The van der Waals surface area contributed by atoms with Crippen molar-refractivity contribution >= 4 is 23.5 Å². The molecule has 0 atom stereocenters. The topological polar surface area (TPSA) is 93.7 Å². The zero-order chi connectivity index (χ0) is 20.6. The molecular weight excluding hydrogens is 372 g/mol. The summed E-state index contributed by atoms with van der Waals surface area (Å²) in [5.41, 5.74) is 0.919. The Hall–Kier alpha value is -3.35. The second kappa shape index (κ2) is 9.73. The van der Waals surface area contributed by atoms with Crippen molar-refractivity contribution in [2.45, 2.75) is 31.7 Å². The Morgan fingerprint density at radius 1 is 1.00 bits per heavy atom. The molecule has 29 heavy (non-hydrogen) atoms. The zero-order valence-corrected chi connectivity index (χ0v) is 16.3. The first-order chi connectivity index (χ1) is 14.1. The van der Waals surface area contributed by atoms with Crippen molar-refractivity contribution in [2.24, 2.45) is 0 Å². The van der Waals surface area contributed by atoms with Gasteiger partial charge in [-0.25, -0.2) is 4.79 Å². The molecule has 2 aromatic carbocycles. The molecule has 7 heteroatoms. The van der Waals surface area contributed by atoms with Crippen LogP contribution in [0.5, 0.6) is 5.75 Å². The second-order valence-electron chi connectivity index (χ2n) is 6.85. The van der Waals surface area contributed by atoms with Gasteiger partial charge in [-0.1, -0.05) is 25.0 Å². The molecule has 1 aliphatic carbocycles. The van der Waals surface area contributed by atoms with E-state index in [2.05, 4.69) is 10.6 Å². The lowest BCUT2D eigenvalue weighted by atomic mass is 10.1.